The van der Waals surface area contributed by atoms with E-state index in [4.69, 9.17) is 0 Å². The Bertz CT molecular complexity index is 530. The summed E-state index contributed by atoms with van der Waals surface area (Å²) in [5, 5.41) is 17.3. The number of pyridine rings is 1. The number of hydrogen-bond donors (Lipinski definition) is 3. The maximum Gasteiger partial charge on any atom is 0.191 e. The molecule has 0 aromatic carbocycles. The lowest BCUT2D eigenvalue weighted by atomic mass is 9.93. The van der Waals surface area contributed by atoms with Crippen LogP contribution in [0.15, 0.2) is 23.3 Å². The smallest absolute Gasteiger partial charge is 0.191 e. The molecule has 1 aromatic rings. The van der Waals surface area contributed by atoms with Crippen LogP contribution in [-0.2, 0) is 6.54 Å². The zero-order valence-corrected chi connectivity index (χ0v) is 19.2. The van der Waals surface area contributed by atoms with Crippen LogP contribution in [0.25, 0.3) is 0 Å². The highest BCUT2D eigenvalue weighted by molar-refractivity contribution is 14.0. The van der Waals surface area contributed by atoms with Gasteiger partial charge in [0.2, 0.25) is 0 Å². The summed E-state index contributed by atoms with van der Waals surface area (Å²) >= 11 is 0. The average molecular weight is 477 g/mol. The van der Waals surface area contributed by atoms with Crippen molar-refractivity contribution in [2.45, 2.75) is 58.6 Å². The van der Waals surface area contributed by atoms with Gasteiger partial charge in [-0.25, -0.2) is 9.98 Å². The summed E-state index contributed by atoms with van der Waals surface area (Å²) in [4.78, 5) is 11.1. The first-order chi connectivity index (χ1) is 12.0. The molecule has 0 saturated heterocycles. The number of rotatable bonds is 10. The summed E-state index contributed by atoms with van der Waals surface area (Å²) in [5.41, 5.74) is 0.394. The quantitative estimate of drug-likeness (QED) is 0.274. The molecule has 1 rings (SSSR count). The van der Waals surface area contributed by atoms with E-state index in [1.807, 2.05) is 38.1 Å². The first-order valence-electron chi connectivity index (χ1n) is 9.31. The summed E-state index contributed by atoms with van der Waals surface area (Å²) in [6.45, 7) is 8.07. The molecule has 0 amide bonds. The largest absolute Gasteiger partial charge is 0.388 e. The Morgan fingerprint density at radius 2 is 1.85 bits per heavy atom. The van der Waals surface area contributed by atoms with Crippen LogP contribution >= 0.6 is 24.0 Å². The topological polar surface area (TPSA) is 72.8 Å². The summed E-state index contributed by atoms with van der Waals surface area (Å²) < 4.78 is 0. The van der Waals surface area contributed by atoms with Gasteiger partial charge in [-0.3, -0.25) is 0 Å². The molecule has 0 atom stereocenters. The molecule has 26 heavy (non-hydrogen) atoms. The number of halogens is 1. The molecule has 0 spiro atoms. The second-order valence-electron chi connectivity index (χ2n) is 6.65. The molecule has 0 aliphatic heterocycles. The van der Waals surface area contributed by atoms with E-state index in [2.05, 4.69) is 34.5 Å². The zero-order chi connectivity index (χ0) is 18.7. The third-order valence-electron chi connectivity index (χ3n) is 4.06. The van der Waals surface area contributed by atoms with E-state index in [1.54, 1.807) is 6.20 Å². The van der Waals surface area contributed by atoms with Gasteiger partial charge in [-0.1, -0.05) is 32.8 Å². The molecule has 0 aliphatic rings. The summed E-state index contributed by atoms with van der Waals surface area (Å²) in [6, 6.07) is 3.97. The minimum atomic E-state index is -0.678. The third kappa shape index (κ3) is 8.53. The van der Waals surface area contributed by atoms with Gasteiger partial charge in [-0.05, 0) is 25.8 Å². The standard InChI is InChI=1S/C19H35N5O.HI/c1-6-11-19(25,12-7-2)15-23-18(20-8-3)22-14-16-10-9-13-21-17(16)24(4)5;/h9-10,13,25H,6-8,11-12,14-15H2,1-5H3,(H2,20,22,23);1H. The fourth-order valence-electron chi connectivity index (χ4n) is 2.94. The van der Waals surface area contributed by atoms with Gasteiger partial charge in [0.15, 0.2) is 5.96 Å². The van der Waals surface area contributed by atoms with Gasteiger partial charge in [0.1, 0.15) is 5.82 Å². The predicted molar refractivity (Wildman–Crippen MR) is 122 cm³/mol. The summed E-state index contributed by atoms with van der Waals surface area (Å²) in [7, 11) is 3.96. The van der Waals surface area contributed by atoms with Crippen LogP contribution in [-0.4, -0.2) is 48.8 Å². The Labute approximate surface area is 175 Å². The van der Waals surface area contributed by atoms with Crippen LogP contribution in [0.4, 0.5) is 5.82 Å². The molecule has 0 saturated carbocycles. The monoisotopic (exact) mass is 477 g/mol. The molecular weight excluding hydrogens is 441 g/mol. The molecule has 1 heterocycles. The lowest BCUT2D eigenvalue weighted by molar-refractivity contribution is 0.0257. The van der Waals surface area contributed by atoms with Crippen LogP contribution in [0.3, 0.4) is 0 Å². The number of aromatic nitrogens is 1. The van der Waals surface area contributed by atoms with E-state index in [1.165, 1.54) is 0 Å². The molecular formula is C19H36IN5O. The van der Waals surface area contributed by atoms with Gasteiger partial charge in [-0.2, -0.15) is 0 Å². The summed E-state index contributed by atoms with van der Waals surface area (Å²) in [5.74, 6) is 1.65. The van der Waals surface area contributed by atoms with Crippen molar-refractivity contribution in [3.05, 3.63) is 23.9 Å². The van der Waals surface area contributed by atoms with E-state index in [9.17, 15) is 5.11 Å². The van der Waals surface area contributed by atoms with E-state index in [0.717, 1.165) is 49.6 Å². The maximum atomic E-state index is 10.8. The Morgan fingerprint density at radius 1 is 1.19 bits per heavy atom. The van der Waals surface area contributed by atoms with Crippen molar-refractivity contribution in [3.63, 3.8) is 0 Å². The van der Waals surface area contributed by atoms with Crippen molar-refractivity contribution >= 4 is 35.8 Å². The Balaban J connectivity index is 0.00000625. The Hall–Kier alpha value is -1.09. The van der Waals surface area contributed by atoms with Crippen molar-refractivity contribution in [1.82, 2.24) is 15.6 Å². The highest BCUT2D eigenvalue weighted by atomic mass is 127. The van der Waals surface area contributed by atoms with E-state index in [-0.39, 0.29) is 24.0 Å². The molecule has 0 bridgehead atoms. The Kier molecular flexibility index (Phi) is 12.6. The highest BCUT2D eigenvalue weighted by Crippen LogP contribution is 2.18. The fourth-order valence-corrected chi connectivity index (χ4v) is 2.94. The van der Waals surface area contributed by atoms with Gasteiger partial charge in [0.25, 0.3) is 0 Å². The first kappa shape index (κ1) is 24.9. The van der Waals surface area contributed by atoms with Gasteiger partial charge in [0.05, 0.1) is 12.1 Å². The lowest BCUT2D eigenvalue weighted by Crippen LogP contribution is -2.47. The van der Waals surface area contributed by atoms with Gasteiger partial charge in [0, 0.05) is 38.9 Å². The van der Waals surface area contributed by atoms with E-state index in [0.29, 0.717) is 13.1 Å². The number of nitrogens with one attached hydrogen (secondary N) is 2. The number of nitrogens with zero attached hydrogens (tertiary/aromatic N) is 3. The van der Waals surface area contributed by atoms with Crippen LogP contribution in [0.2, 0.25) is 0 Å². The molecule has 0 radical (unpaired) electrons. The van der Waals surface area contributed by atoms with Crippen LogP contribution < -0.4 is 15.5 Å². The Morgan fingerprint density at radius 3 is 2.38 bits per heavy atom. The molecule has 150 valence electrons. The normalized spacial score (nSPS) is 11.7. The predicted octanol–water partition coefficient (Wildman–Crippen LogP) is 3.15. The van der Waals surface area contributed by atoms with Crippen molar-refractivity contribution in [1.29, 1.82) is 0 Å². The third-order valence-corrected chi connectivity index (χ3v) is 4.06. The fraction of sp³-hybridized carbons (Fsp3) is 0.684. The van der Waals surface area contributed by atoms with Crippen LogP contribution in [0.5, 0.6) is 0 Å². The minimum Gasteiger partial charge on any atom is -0.388 e. The molecule has 0 unspecified atom stereocenters. The molecule has 1 aromatic heterocycles. The summed E-state index contributed by atoms with van der Waals surface area (Å²) in [6.07, 6.45) is 5.31. The molecule has 0 fully saturated rings. The number of aliphatic imine (C=N–C) groups is 1. The van der Waals surface area contributed by atoms with Crippen LogP contribution in [0, 0.1) is 0 Å². The highest BCUT2D eigenvalue weighted by Gasteiger charge is 2.24. The van der Waals surface area contributed by atoms with Gasteiger partial charge in [-0.15, -0.1) is 24.0 Å². The lowest BCUT2D eigenvalue weighted by Gasteiger charge is -2.28. The van der Waals surface area contributed by atoms with Gasteiger partial charge >= 0.3 is 0 Å². The number of hydrogen-bond acceptors (Lipinski definition) is 4. The molecule has 6 nitrogen and oxygen atoms in total. The van der Waals surface area contributed by atoms with E-state index >= 15 is 0 Å². The van der Waals surface area contributed by atoms with Crippen molar-refractivity contribution < 1.29 is 5.11 Å². The van der Waals surface area contributed by atoms with Crippen molar-refractivity contribution in [2.24, 2.45) is 4.99 Å². The first-order valence-corrected chi connectivity index (χ1v) is 9.31. The maximum absolute atomic E-state index is 10.8. The SMILES string of the molecule is CCCC(O)(CCC)CNC(=NCc1cccnc1N(C)C)NCC.I. The average Bonchev–Trinajstić information content (AvgIpc) is 2.58. The number of aliphatic hydroxyl groups is 1. The second kappa shape index (κ2) is 13.1. The van der Waals surface area contributed by atoms with Gasteiger partial charge < -0.3 is 20.6 Å². The van der Waals surface area contributed by atoms with E-state index < -0.39 is 5.60 Å². The number of anilines is 1. The molecule has 0 aliphatic carbocycles. The molecule has 7 heteroatoms. The van der Waals surface area contributed by atoms with Crippen molar-refractivity contribution in [3.8, 4) is 0 Å². The molecule has 3 N–H and O–H groups in total. The number of guanidine groups is 1. The van der Waals surface area contributed by atoms with Crippen LogP contribution in [0.1, 0.15) is 52.0 Å². The second-order valence-corrected chi connectivity index (χ2v) is 6.65. The zero-order valence-electron chi connectivity index (χ0n) is 16.9. The minimum absolute atomic E-state index is 0. The van der Waals surface area contributed by atoms with Crippen molar-refractivity contribution in [2.75, 3.05) is 32.1 Å².